The molecule has 4 aliphatic carbocycles. The zero-order valence-electron chi connectivity index (χ0n) is 19.4. The Balaban J connectivity index is 1.66. The quantitative estimate of drug-likeness (QED) is 0.523. The van der Waals surface area contributed by atoms with Crippen LogP contribution in [0.5, 0.6) is 0 Å². The summed E-state index contributed by atoms with van der Waals surface area (Å²) >= 11 is 0. The lowest BCUT2D eigenvalue weighted by Gasteiger charge is -2.66. The summed E-state index contributed by atoms with van der Waals surface area (Å²) in [5.41, 5.74) is -0.357. The van der Waals surface area contributed by atoms with E-state index in [0.717, 1.165) is 37.7 Å². The third-order valence-electron chi connectivity index (χ3n) is 11.0. The molecule has 3 saturated carbocycles. The number of carbonyl (C=O) groups excluding carboxylic acids is 3. The summed E-state index contributed by atoms with van der Waals surface area (Å²) in [5.74, 6) is 0.710. The Morgan fingerprint density at radius 3 is 2.30 bits per heavy atom. The Morgan fingerprint density at radius 2 is 1.67 bits per heavy atom. The summed E-state index contributed by atoms with van der Waals surface area (Å²) in [6.45, 7) is 13.2. The minimum absolute atomic E-state index is 0.0764. The zero-order valence-corrected chi connectivity index (χ0v) is 19.4. The van der Waals surface area contributed by atoms with Crippen LogP contribution in [-0.2, 0) is 19.1 Å². The Labute approximate surface area is 180 Å². The fourth-order valence-corrected chi connectivity index (χ4v) is 9.13. The van der Waals surface area contributed by atoms with Crippen molar-refractivity contribution in [3.63, 3.8) is 0 Å². The zero-order chi connectivity index (χ0) is 21.9. The maximum atomic E-state index is 13.9. The van der Waals surface area contributed by atoms with E-state index in [4.69, 9.17) is 4.74 Å². The van der Waals surface area contributed by atoms with Gasteiger partial charge in [0.25, 0.3) is 0 Å². The van der Waals surface area contributed by atoms with Crippen LogP contribution in [0.3, 0.4) is 0 Å². The standard InChI is InChI=1S/C26H36O4/c1-15-13-20(29)30-26(15)12-11-24(5)18(26)14-16(27)21-23(4)9-8-19(28)22(2,3)17(23)7-10-25(21,24)6/h14-15,17,21H,7-13H2,1-6H3/t15-,17+,21+,23+,24+,25+,26-/m1/s1. The molecule has 4 heteroatoms. The van der Waals surface area contributed by atoms with Gasteiger partial charge in [0, 0.05) is 23.7 Å². The van der Waals surface area contributed by atoms with Crippen molar-refractivity contribution in [2.45, 2.75) is 92.1 Å². The van der Waals surface area contributed by atoms with Crippen molar-refractivity contribution in [3.05, 3.63) is 11.6 Å². The Morgan fingerprint density at radius 1 is 0.967 bits per heavy atom. The normalized spacial score (nSPS) is 51.9. The summed E-state index contributed by atoms with van der Waals surface area (Å²) in [7, 11) is 0. The molecule has 1 spiro atoms. The smallest absolute Gasteiger partial charge is 0.307 e. The van der Waals surface area contributed by atoms with Crippen LogP contribution in [-0.4, -0.2) is 23.1 Å². The van der Waals surface area contributed by atoms with Crippen LogP contribution in [0.4, 0.5) is 0 Å². The van der Waals surface area contributed by atoms with Crippen molar-refractivity contribution in [1.29, 1.82) is 0 Å². The van der Waals surface area contributed by atoms with E-state index in [9.17, 15) is 14.4 Å². The van der Waals surface area contributed by atoms with Gasteiger partial charge in [-0.25, -0.2) is 0 Å². The highest BCUT2D eigenvalue weighted by molar-refractivity contribution is 5.97. The van der Waals surface area contributed by atoms with Crippen LogP contribution in [0.25, 0.3) is 0 Å². The van der Waals surface area contributed by atoms with E-state index in [1.165, 1.54) is 0 Å². The van der Waals surface area contributed by atoms with Crippen molar-refractivity contribution in [2.75, 3.05) is 0 Å². The van der Waals surface area contributed by atoms with Crippen LogP contribution in [0.2, 0.25) is 0 Å². The molecular weight excluding hydrogens is 376 g/mol. The molecular formula is C26H36O4. The Hall–Kier alpha value is -1.45. The molecule has 0 aromatic rings. The van der Waals surface area contributed by atoms with Gasteiger partial charge in [-0.05, 0) is 65.9 Å². The summed E-state index contributed by atoms with van der Waals surface area (Å²) in [5, 5.41) is 0. The fourth-order valence-electron chi connectivity index (χ4n) is 9.13. The van der Waals surface area contributed by atoms with Crippen LogP contribution >= 0.6 is 0 Å². The van der Waals surface area contributed by atoms with Crippen LogP contribution in [0.1, 0.15) is 86.5 Å². The molecule has 1 saturated heterocycles. The minimum atomic E-state index is -0.588. The molecule has 0 radical (unpaired) electrons. The lowest BCUT2D eigenvalue weighted by molar-refractivity contribution is -0.180. The molecule has 1 heterocycles. The van der Waals surface area contributed by atoms with E-state index < -0.39 is 5.60 Å². The van der Waals surface area contributed by atoms with Gasteiger partial charge in [-0.15, -0.1) is 0 Å². The fraction of sp³-hybridized carbons (Fsp3) is 0.808. The molecule has 1 aliphatic heterocycles. The van der Waals surface area contributed by atoms with Gasteiger partial charge in [0.1, 0.15) is 11.4 Å². The molecule has 7 atom stereocenters. The molecule has 5 rings (SSSR count). The van der Waals surface area contributed by atoms with E-state index in [0.29, 0.717) is 18.6 Å². The summed E-state index contributed by atoms with van der Waals surface area (Å²) in [6, 6.07) is 0. The predicted octanol–water partition coefficient (Wildman–Crippen LogP) is 5.05. The average Bonchev–Trinajstić information content (AvgIpc) is 3.09. The number of carbonyl (C=O) groups is 3. The van der Waals surface area contributed by atoms with Gasteiger partial charge in [0.2, 0.25) is 0 Å². The number of rotatable bonds is 0. The second-order valence-electron chi connectivity index (χ2n) is 12.4. The van der Waals surface area contributed by atoms with Crippen molar-refractivity contribution in [1.82, 2.24) is 0 Å². The highest BCUT2D eigenvalue weighted by atomic mass is 16.6. The van der Waals surface area contributed by atoms with Gasteiger partial charge in [-0.2, -0.15) is 0 Å². The number of allylic oxidation sites excluding steroid dienone is 1. The second kappa shape index (κ2) is 5.66. The number of Topliss-reactive ketones (excluding diaryl/α,β-unsaturated/α-hetero) is 1. The van der Waals surface area contributed by atoms with E-state index in [2.05, 4.69) is 41.5 Å². The molecule has 5 aliphatic rings. The molecule has 30 heavy (non-hydrogen) atoms. The number of ether oxygens (including phenoxy) is 1. The highest BCUT2D eigenvalue weighted by Gasteiger charge is 2.72. The lowest BCUT2D eigenvalue weighted by Crippen LogP contribution is -2.64. The molecule has 0 N–H and O–H groups in total. The lowest BCUT2D eigenvalue weighted by atomic mass is 9.36. The number of hydrogen-bond acceptors (Lipinski definition) is 4. The van der Waals surface area contributed by atoms with Gasteiger partial charge in [-0.1, -0.05) is 41.5 Å². The third kappa shape index (κ3) is 2.07. The Kier molecular flexibility index (Phi) is 3.86. The number of esters is 1. The van der Waals surface area contributed by atoms with Crippen LogP contribution in [0.15, 0.2) is 11.6 Å². The Bertz CT molecular complexity index is 899. The van der Waals surface area contributed by atoms with Crippen molar-refractivity contribution < 1.29 is 19.1 Å². The van der Waals surface area contributed by atoms with E-state index in [1.807, 2.05) is 6.08 Å². The van der Waals surface area contributed by atoms with Crippen LogP contribution in [0, 0.1) is 39.4 Å². The van der Waals surface area contributed by atoms with Crippen molar-refractivity contribution in [2.24, 2.45) is 39.4 Å². The number of ketones is 2. The first-order valence-corrected chi connectivity index (χ1v) is 11.8. The molecule has 164 valence electrons. The second-order valence-corrected chi connectivity index (χ2v) is 12.4. The summed E-state index contributed by atoms with van der Waals surface area (Å²) in [4.78, 5) is 38.9. The molecule has 0 bridgehead atoms. The number of fused-ring (bicyclic) bond motifs is 6. The van der Waals surface area contributed by atoms with Crippen LogP contribution < -0.4 is 0 Å². The maximum absolute atomic E-state index is 13.9. The largest absolute Gasteiger partial charge is 0.454 e. The SMILES string of the molecule is C[C@@H]1CC(=O)O[C@]12CC[C@@]1(C)C2=CC(=O)[C@H]2[C@@]3(C)CCC(=O)C(C)(C)[C@@H]3CC[C@@]21C. The van der Waals surface area contributed by atoms with E-state index in [1.54, 1.807) is 0 Å². The molecule has 0 aromatic carbocycles. The van der Waals surface area contributed by atoms with E-state index >= 15 is 0 Å². The first kappa shape index (κ1) is 20.5. The van der Waals surface area contributed by atoms with Gasteiger partial charge in [-0.3, -0.25) is 14.4 Å². The topological polar surface area (TPSA) is 60.4 Å². The van der Waals surface area contributed by atoms with Gasteiger partial charge in [0.15, 0.2) is 5.78 Å². The predicted molar refractivity (Wildman–Crippen MR) is 113 cm³/mol. The van der Waals surface area contributed by atoms with Crippen molar-refractivity contribution in [3.8, 4) is 0 Å². The third-order valence-corrected chi connectivity index (χ3v) is 11.0. The summed E-state index contributed by atoms with van der Waals surface area (Å²) in [6.07, 6.45) is 7.44. The molecule has 0 unspecified atom stereocenters. The van der Waals surface area contributed by atoms with Crippen molar-refractivity contribution >= 4 is 17.5 Å². The van der Waals surface area contributed by atoms with Gasteiger partial charge < -0.3 is 4.74 Å². The average molecular weight is 413 g/mol. The van der Waals surface area contributed by atoms with E-state index in [-0.39, 0.29) is 51.2 Å². The maximum Gasteiger partial charge on any atom is 0.307 e. The minimum Gasteiger partial charge on any atom is -0.454 e. The monoisotopic (exact) mass is 412 g/mol. The molecule has 4 nitrogen and oxygen atoms in total. The van der Waals surface area contributed by atoms with Gasteiger partial charge in [0.05, 0.1) is 6.42 Å². The number of hydrogen-bond donors (Lipinski definition) is 0. The summed E-state index contributed by atoms with van der Waals surface area (Å²) < 4.78 is 6.00. The highest BCUT2D eigenvalue weighted by Crippen LogP contribution is 2.74. The molecule has 4 fully saturated rings. The molecule has 0 aromatic heterocycles. The molecule has 0 amide bonds. The first-order valence-electron chi connectivity index (χ1n) is 11.8. The van der Waals surface area contributed by atoms with Gasteiger partial charge >= 0.3 is 5.97 Å². The first-order chi connectivity index (χ1) is 13.8.